The molecule has 23 heavy (non-hydrogen) atoms. The summed E-state index contributed by atoms with van der Waals surface area (Å²) >= 11 is 3.35. The van der Waals surface area contributed by atoms with E-state index in [2.05, 4.69) is 26.5 Å². The maximum absolute atomic E-state index is 11.8. The Morgan fingerprint density at radius 2 is 2.04 bits per heavy atom. The van der Waals surface area contributed by atoms with Gasteiger partial charge in [-0.1, -0.05) is 28.1 Å². The first kappa shape index (κ1) is 17.0. The van der Waals surface area contributed by atoms with Gasteiger partial charge in [-0.05, 0) is 48.4 Å². The third kappa shape index (κ3) is 5.41. The predicted octanol–water partition coefficient (Wildman–Crippen LogP) is 3.25. The molecule has 5 nitrogen and oxygen atoms in total. The van der Waals surface area contributed by atoms with Crippen molar-refractivity contribution < 1.29 is 14.6 Å². The largest absolute Gasteiger partial charge is 0.504 e. The number of carbonyl (C=O) groups is 1. The minimum Gasteiger partial charge on any atom is -0.504 e. The van der Waals surface area contributed by atoms with Crippen LogP contribution in [0.15, 0.2) is 52.0 Å². The Hall–Kier alpha value is -2.34. The van der Waals surface area contributed by atoms with Crippen LogP contribution in [0.4, 0.5) is 0 Å². The second-order valence-electron chi connectivity index (χ2n) is 4.76. The standard InChI is InChI=1S/C17H17BrN2O3/c1-2-23-16-9-13(5-8-15(16)21)11-19-20-17(22)10-12-3-6-14(18)7-4-12/h3-9,11,21H,2,10H2,1H3,(H,20,22). The van der Waals surface area contributed by atoms with Crippen LogP contribution in [0, 0.1) is 0 Å². The van der Waals surface area contributed by atoms with Gasteiger partial charge in [0.1, 0.15) is 0 Å². The average molecular weight is 377 g/mol. The number of phenolic OH excluding ortho intramolecular Hbond substituents is 1. The molecule has 0 fully saturated rings. The van der Waals surface area contributed by atoms with E-state index in [9.17, 15) is 9.90 Å². The van der Waals surface area contributed by atoms with E-state index in [-0.39, 0.29) is 18.1 Å². The lowest BCUT2D eigenvalue weighted by molar-refractivity contribution is -0.120. The zero-order chi connectivity index (χ0) is 16.7. The molecule has 6 heteroatoms. The summed E-state index contributed by atoms with van der Waals surface area (Å²) in [5.74, 6) is 0.258. The Labute approximate surface area is 143 Å². The first-order valence-electron chi connectivity index (χ1n) is 7.10. The Kier molecular flexibility index (Phi) is 6.17. The highest BCUT2D eigenvalue weighted by atomic mass is 79.9. The Morgan fingerprint density at radius 1 is 1.30 bits per heavy atom. The summed E-state index contributed by atoms with van der Waals surface area (Å²) in [5.41, 5.74) is 4.10. The molecule has 0 saturated carbocycles. The molecule has 1 amide bonds. The molecule has 0 aliphatic rings. The molecular formula is C17H17BrN2O3. The molecule has 0 unspecified atom stereocenters. The fourth-order valence-corrected chi connectivity index (χ4v) is 2.15. The zero-order valence-corrected chi connectivity index (χ0v) is 14.2. The smallest absolute Gasteiger partial charge is 0.244 e. The number of hydrogen-bond acceptors (Lipinski definition) is 4. The van der Waals surface area contributed by atoms with Gasteiger partial charge in [-0.2, -0.15) is 5.10 Å². The van der Waals surface area contributed by atoms with Crippen LogP contribution in [0.3, 0.4) is 0 Å². The highest BCUT2D eigenvalue weighted by Gasteiger charge is 2.03. The van der Waals surface area contributed by atoms with Crippen LogP contribution in [0.1, 0.15) is 18.1 Å². The van der Waals surface area contributed by atoms with E-state index in [0.717, 1.165) is 15.6 Å². The normalized spacial score (nSPS) is 10.7. The first-order chi connectivity index (χ1) is 11.1. The quantitative estimate of drug-likeness (QED) is 0.600. The first-order valence-corrected chi connectivity index (χ1v) is 7.90. The van der Waals surface area contributed by atoms with Crippen molar-refractivity contribution in [3.05, 3.63) is 58.1 Å². The van der Waals surface area contributed by atoms with Gasteiger partial charge in [0.25, 0.3) is 0 Å². The number of nitrogens with zero attached hydrogens (tertiary/aromatic N) is 1. The summed E-state index contributed by atoms with van der Waals surface area (Å²) in [6, 6.07) is 12.4. The maximum Gasteiger partial charge on any atom is 0.244 e. The molecule has 0 radical (unpaired) electrons. The highest BCUT2D eigenvalue weighted by Crippen LogP contribution is 2.26. The third-order valence-electron chi connectivity index (χ3n) is 2.96. The molecule has 2 aromatic rings. The van der Waals surface area contributed by atoms with Crippen molar-refractivity contribution in [1.29, 1.82) is 0 Å². The number of phenols is 1. The van der Waals surface area contributed by atoms with E-state index < -0.39 is 0 Å². The lowest BCUT2D eigenvalue weighted by atomic mass is 10.1. The van der Waals surface area contributed by atoms with Crippen molar-refractivity contribution in [1.82, 2.24) is 5.43 Å². The van der Waals surface area contributed by atoms with Crippen molar-refractivity contribution in [2.24, 2.45) is 5.10 Å². The second kappa shape index (κ2) is 8.33. The van der Waals surface area contributed by atoms with Gasteiger partial charge in [0, 0.05) is 4.47 Å². The molecule has 0 spiro atoms. The van der Waals surface area contributed by atoms with Crippen molar-refractivity contribution in [3.8, 4) is 11.5 Å². The second-order valence-corrected chi connectivity index (χ2v) is 5.67. The summed E-state index contributed by atoms with van der Waals surface area (Å²) in [6.07, 6.45) is 1.76. The molecule has 0 aromatic heterocycles. The molecular weight excluding hydrogens is 360 g/mol. The van der Waals surface area contributed by atoms with E-state index in [1.165, 1.54) is 12.3 Å². The number of hydrogen-bond donors (Lipinski definition) is 2. The number of ether oxygens (including phenoxy) is 1. The van der Waals surface area contributed by atoms with Crippen LogP contribution in [-0.4, -0.2) is 23.8 Å². The van der Waals surface area contributed by atoms with Gasteiger partial charge in [-0.3, -0.25) is 4.79 Å². The Morgan fingerprint density at radius 3 is 2.74 bits per heavy atom. The molecule has 2 rings (SSSR count). The van der Waals surface area contributed by atoms with Gasteiger partial charge in [0.15, 0.2) is 11.5 Å². The maximum atomic E-state index is 11.8. The number of hydrazone groups is 1. The Balaban J connectivity index is 1.91. The van der Waals surface area contributed by atoms with Crippen molar-refractivity contribution in [2.75, 3.05) is 6.61 Å². The summed E-state index contributed by atoms with van der Waals surface area (Å²) in [7, 11) is 0. The number of aromatic hydroxyl groups is 1. The van der Waals surface area contributed by atoms with Crippen LogP contribution >= 0.6 is 15.9 Å². The number of rotatable bonds is 6. The summed E-state index contributed by atoms with van der Waals surface area (Å²) < 4.78 is 6.26. The fraction of sp³-hybridized carbons (Fsp3) is 0.176. The number of halogens is 1. The third-order valence-corrected chi connectivity index (χ3v) is 3.49. The van der Waals surface area contributed by atoms with E-state index >= 15 is 0 Å². The molecule has 0 heterocycles. The predicted molar refractivity (Wildman–Crippen MR) is 92.9 cm³/mol. The average Bonchev–Trinajstić information content (AvgIpc) is 2.53. The number of benzene rings is 2. The van der Waals surface area contributed by atoms with Gasteiger partial charge >= 0.3 is 0 Å². The molecule has 120 valence electrons. The van der Waals surface area contributed by atoms with Gasteiger partial charge in [-0.15, -0.1) is 0 Å². The van der Waals surface area contributed by atoms with Crippen LogP contribution < -0.4 is 10.2 Å². The zero-order valence-electron chi connectivity index (χ0n) is 12.6. The summed E-state index contributed by atoms with van der Waals surface area (Å²) in [6.45, 7) is 2.29. The van der Waals surface area contributed by atoms with Crippen LogP contribution in [0.25, 0.3) is 0 Å². The van der Waals surface area contributed by atoms with Crippen molar-refractivity contribution in [2.45, 2.75) is 13.3 Å². The van der Waals surface area contributed by atoms with E-state index in [1.54, 1.807) is 12.1 Å². The highest BCUT2D eigenvalue weighted by molar-refractivity contribution is 9.10. The summed E-state index contributed by atoms with van der Waals surface area (Å²) in [4.78, 5) is 11.8. The van der Waals surface area contributed by atoms with E-state index in [4.69, 9.17) is 4.74 Å². The number of nitrogens with one attached hydrogen (secondary N) is 1. The van der Waals surface area contributed by atoms with Gasteiger partial charge in [0.05, 0.1) is 19.2 Å². The molecule has 0 atom stereocenters. The van der Waals surface area contributed by atoms with Crippen LogP contribution in [0.2, 0.25) is 0 Å². The minimum absolute atomic E-state index is 0.0725. The van der Waals surface area contributed by atoms with Crippen LogP contribution in [0.5, 0.6) is 11.5 Å². The number of amides is 1. The summed E-state index contributed by atoms with van der Waals surface area (Å²) in [5, 5.41) is 13.5. The minimum atomic E-state index is -0.201. The number of carbonyl (C=O) groups excluding carboxylic acids is 1. The van der Waals surface area contributed by atoms with Crippen molar-refractivity contribution >= 4 is 28.1 Å². The molecule has 0 aliphatic carbocycles. The van der Waals surface area contributed by atoms with Gasteiger partial charge in [0.2, 0.25) is 5.91 Å². The van der Waals surface area contributed by atoms with E-state index in [0.29, 0.717) is 12.4 Å². The lowest BCUT2D eigenvalue weighted by Crippen LogP contribution is -2.19. The van der Waals surface area contributed by atoms with Gasteiger partial charge < -0.3 is 9.84 Å². The van der Waals surface area contributed by atoms with Crippen molar-refractivity contribution in [3.63, 3.8) is 0 Å². The Bertz CT molecular complexity index is 699. The fourth-order valence-electron chi connectivity index (χ4n) is 1.89. The SMILES string of the molecule is CCOc1cc(C=NNC(=O)Cc2ccc(Br)cc2)ccc1O. The van der Waals surface area contributed by atoms with Gasteiger partial charge in [-0.25, -0.2) is 5.43 Å². The van der Waals surface area contributed by atoms with Crippen LogP contribution in [-0.2, 0) is 11.2 Å². The topological polar surface area (TPSA) is 70.9 Å². The molecule has 0 saturated heterocycles. The molecule has 0 aliphatic heterocycles. The van der Waals surface area contributed by atoms with E-state index in [1.807, 2.05) is 31.2 Å². The monoisotopic (exact) mass is 376 g/mol. The molecule has 0 bridgehead atoms. The molecule has 2 aromatic carbocycles. The molecule has 2 N–H and O–H groups in total. The lowest BCUT2D eigenvalue weighted by Gasteiger charge is -2.06.